The third-order valence-electron chi connectivity index (χ3n) is 6.53. The van der Waals surface area contributed by atoms with Gasteiger partial charge in [0.1, 0.15) is 12.4 Å². The molecule has 2 aliphatic rings. The van der Waals surface area contributed by atoms with E-state index in [0.717, 1.165) is 30.5 Å². The molecule has 0 saturated carbocycles. The molecule has 5 rings (SSSR count). The number of benzene rings is 2. The second kappa shape index (κ2) is 9.69. The lowest BCUT2D eigenvalue weighted by molar-refractivity contribution is 0.0790. The lowest BCUT2D eigenvalue weighted by atomic mass is 9.95. The number of methoxy groups -OCH3 is 2. The third kappa shape index (κ3) is 4.41. The highest BCUT2D eigenvalue weighted by molar-refractivity contribution is 5.92. The van der Waals surface area contributed by atoms with Crippen LogP contribution in [-0.4, -0.2) is 54.3 Å². The quantitative estimate of drug-likeness (QED) is 0.588. The van der Waals surface area contributed by atoms with Crippen LogP contribution < -0.4 is 20.1 Å². The predicted molar refractivity (Wildman–Crippen MR) is 133 cm³/mol. The first-order chi connectivity index (χ1) is 17.1. The number of ether oxygens (including phenoxy) is 3. The van der Waals surface area contributed by atoms with Crippen molar-refractivity contribution in [2.45, 2.75) is 31.9 Å². The van der Waals surface area contributed by atoms with E-state index in [2.05, 4.69) is 16.0 Å². The fourth-order valence-electron chi connectivity index (χ4n) is 4.77. The van der Waals surface area contributed by atoms with Crippen molar-refractivity contribution >= 4 is 28.8 Å². The van der Waals surface area contributed by atoms with Gasteiger partial charge < -0.3 is 24.8 Å². The second-order valence-corrected chi connectivity index (χ2v) is 8.59. The number of carbonyl (C=O) groups is 1. The number of piperazine rings is 1. The van der Waals surface area contributed by atoms with Crippen LogP contribution in [0.4, 0.5) is 16.6 Å². The highest BCUT2D eigenvalue weighted by atomic mass is 16.6. The number of rotatable bonds is 5. The summed E-state index contributed by atoms with van der Waals surface area (Å²) in [5.74, 6) is 2.02. The van der Waals surface area contributed by atoms with E-state index in [4.69, 9.17) is 24.9 Å². The van der Waals surface area contributed by atoms with Crippen LogP contribution in [0.25, 0.3) is 10.9 Å². The topological polar surface area (TPSA) is 103 Å². The Bertz CT molecular complexity index is 1260. The van der Waals surface area contributed by atoms with E-state index >= 15 is 0 Å². The number of amides is 1. The van der Waals surface area contributed by atoms with E-state index < -0.39 is 0 Å². The van der Waals surface area contributed by atoms with Crippen molar-refractivity contribution in [2.24, 2.45) is 0 Å². The third-order valence-corrected chi connectivity index (χ3v) is 6.53. The number of nitrogens with two attached hydrogens (primary N) is 1. The van der Waals surface area contributed by atoms with Crippen LogP contribution in [-0.2, 0) is 11.3 Å². The summed E-state index contributed by atoms with van der Waals surface area (Å²) in [7, 11) is 3.16. The van der Waals surface area contributed by atoms with Gasteiger partial charge in [-0.2, -0.15) is 4.98 Å². The van der Waals surface area contributed by atoms with Crippen LogP contribution in [0.2, 0.25) is 0 Å². The van der Waals surface area contributed by atoms with Crippen molar-refractivity contribution in [2.75, 3.05) is 37.9 Å². The summed E-state index contributed by atoms with van der Waals surface area (Å²) >= 11 is 0. The van der Waals surface area contributed by atoms with Crippen LogP contribution in [0, 0.1) is 0 Å². The molecule has 1 aliphatic heterocycles. The van der Waals surface area contributed by atoms with Crippen LogP contribution in [0.1, 0.15) is 24.8 Å². The molecule has 1 amide bonds. The molecule has 1 aliphatic carbocycles. The Balaban J connectivity index is 1.41. The van der Waals surface area contributed by atoms with Gasteiger partial charge in [0.05, 0.1) is 25.8 Å². The minimum absolute atomic E-state index is 0.0910. The van der Waals surface area contributed by atoms with Crippen molar-refractivity contribution in [1.29, 1.82) is 0 Å². The molecule has 2 heterocycles. The molecule has 0 bridgehead atoms. The maximum Gasteiger partial charge on any atom is 0.410 e. The SMILES string of the molecule is COc1cc2nc(N3CCN(C(=O)OCc4ccccc4)C4CCCC=C43)nc(N)c2cc1OC. The lowest BCUT2D eigenvalue weighted by Crippen LogP contribution is -2.55. The molecule has 1 fully saturated rings. The largest absolute Gasteiger partial charge is 0.493 e. The summed E-state index contributed by atoms with van der Waals surface area (Å²) < 4.78 is 16.5. The first kappa shape index (κ1) is 22.8. The number of allylic oxidation sites excluding steroid dienone is 1. The lowest BCUT2D eigenvalue weighted by Gasteiger charge is -2.44. The number of carbonyl (C=O) groups excluding carboxylic acids is 1. The van der Waals surface area contributed by atoms with Gasteiger partial charge in [-0.05, 0) is 30.9 Å². The van der Waals surface area contributed by atoms with Gasteiger partial charge in [-0.1, -0.05) is 36.4 Å². The van der Waals surface area contributed by atoms with E-state index in [-0.39, 0.29) is 18.7 Å². The average molecular weight is 476 g/mol. The summed E-state index contributed by atoms with van der Waals surface area (Å²) in [4.78, 5) is 26.3. The molecule has 35 heavy (non-hydrogen) atoms. The summed E-state index contributed by atoms with van der Waals surface area (Å²) in [5, 5.41) is 0.698. The Kier molecular flexibility index (Phi) is 6.31. The number of nitrogen functional groups attached to an aromatic ring is 1. The molecule has 9 heteroatoms. The highest BCUT2D eigenvalue weighted by Gasteiger charge is 2.37. The van der Waals surface area contributed by atoms with Crippen LogP contribution in [0.3, 0.4) is 0 Å². The van der Waals surface area contributed by atoms with Crippen molar-refractivity contribution in [3.63, 3.8) is 0 Å². The Labute approximate surface area is 204 Å². The molecular weight excluding hydrogens is 446 g/mol. The van der Waals surface area contributed by atoms with E-state index in [1.54, 1.807) is 26.4 Å². The highest BCUT2D eigenvalue weighted by Crippen LogP contribution is 2.36. The van der Waals surface area contributed by atoms with Crippen molar-refractivity contribution < 1.29 is 19.0 Å². The number of hydrogen-bond donors (Lipinski definition) is 1. The van der Waals surface area contributed by atoms with Crippen LogP contribution >= 0.6 is 0 Å². The predicted octanol–water partition coefficient (Wildman–Crippen LogP) is 4.12. The maximum atomic E-state index is 13.0. The zero-order chi connectivity index (χ0) is 24.4. The number of hydrogen-bond acceptors (Lipinski definition) is 8. The van der Waals surface area contributed by atoms with Gasteiger partial charge in [-0.15, -0.1) is 0 Å². The summed E-state index contributed by atoms with van der Waals surface area (Å²) in [5.41, 5.74) is 8.98. The fraction of sp³-hybridized carbons (Fsp3) is 0.346. The molecule has 2 aromatic carbocycles. The molecule has 0 radical (unpaired) electrons. The Hall–Kier alpha value is -4.01. The second-order valence-electron chi connectivity index (χ2n) is 8.59. The average Bonchev–Trinajstić information content (AvgIpc) is 2.90. The normalized spacial score (nSPS) is 17.5. The van der Waals surface area contributed by atoms with Gasteiger partial charge in [0.25, 0.3) is 0 Å². The fourth-order valence-corrected chi connectivity index (χ4v) is 4.77. The molecule has 1 aromatic heterocycles. The molecule has 3 aromatic rings. The zero-order valence-electron chi connectivity index (χ0n) is 19.9. The van der Waals surface area contributed by atoms with Gasteiger partial charge in [0.15, 0.2) is 11.5 Å². The summed E-state index contributed by atoms with van der Waals surface area (Å²) in [6, 6.07) is 13.2. The Morgan fingerprint density at radius 1 is 1.09 bits per heavy atom. The van der Waals surface area contributed by atoms with Crippen molar-refractivity contribution in [3.8, 4) is 11.5 Å². The standard InChI is InChI=1S/C26H29N5O4/c1-33-22-14-18-19(15-23(22)34-2)28-25(29-24(18)27)30-12-13-31(21-11-7-6-10-20(21)30)26(32)35-16-17-8-4-3-5-9-17/h3-5,8-10,14-15,21H,6-7,11-13,16H2,1-2H3,(H2,27,28,29). The molecule has 1 atom stereocenters. The molecule has 182 valence electrons. The van der Waals surface area contributed by atoms with Crippen LogP contribution in [0.15, 0.2) is 54.2 Å². The molecule has 0 spiro atoms. The van der Waals surface area contributed by atoms with E-state index in [1.165, 1.54) is 0 Å². The molecule has 2 N–H and O–H groups in total. The number of aromatic nitrogens is 2. The van der Waals surface area contributed by atoms with Gasteiger partial charge in [0.2, 0.25) is 5.95 Å². The first-order valence-corrected chi connectivity index (χ1v) is 11.7. The number of fused-ring (bicyclic) bond motifs is 2. The molecule has 1 unspecified atom stereocenters. The first-order valence-electron chi connectivity index (χ1n) is 11.7. The van der Waals surface area contributed by atoms with Crippen molar-refractivity contribution in [3.05, 3.63) is 59.8 Å². The smallest absolute Gasteiger partial charge is 0.410 e. The number of anilines is 2. The summed E-state index contributed by atoms with van der Waals surface area (Å²) in [6.07, 6.45) is 4.66. The molecule has 9 nitrogen and oxygen atoms in total. The minimum atomic E-state index is -0.304. The van der Waals surface area contributed by atoms with Gasteiger partial charge >= 0.3 is 6.09 Å². The van der Waals surface area contributed by atoms with Gasteiger partial charge in [-0.3, -0.25) is 4.90 Å². The maximum absolute atomic E-state index is 13.0. The Morgan fingerprint density at radius 2 is 1.86 bits per heavy atom. The monoisotopic (exact) mass is 475 g/mol. The molecule has 1 saturated heterocycles. The van der Waals surface area contributed by atoms with Gasteiger partial charge in [0, 0.05) is 30.2 Å². The Morgan fingerprint density at radius 3 is 2.63 bits per heavy atom. The zero-order valence-corrected chi connectivity index (χ0v) is 19.9. The van der Waals surface area contributed by atoms with E-state index in [0.29, 0.717) is 47.3 Å². The van der Waals surface area contributed by atoms with Crippen LogP contribution in [0.5, 0.6) is 11.5 Å². The number of nitrogens with zero attached hydrogens (tertiary/aromatic N) is 4. The molecular formula is C26H29N5O4. The minimum Gasteiger partial charge on any atom is -0.493 e. The summed E-state index contributed by atoms with van der Waals surface area (Å²) in [6.45, 7) is 1.30. The van der Waals surface area contributed by atoms with E-state index in [9.17, 15) is 4.79 Å². The van der Waals surface area contributed by atoms with E-state index in [1.807, 2.05) is 35.2 Å². The van der Waals surface area contributed by atoms with Gasteiger partial charge in [-0.25, -0.2) is 9.78 Å². The van der Waals surface area contributed by atoms with Crippen molar-refractivity contribution in [1.82, 2.24) is 14.9 Å².